The molecule has 0 aliphatic carbocycles. The van der Waals surface area contributed by atoms with Gasteiger partial charge in [-0.3, -0.25) is 4.79 Å². The number of aryl methyl sites for hydroxylation is 2. The Morgan fingerprint density at radius 3 is 2.48 bits per heavy atom. The minimum Gasteiger partial charge on any atom is -0.497 e. The van der Waals surface area contributed by atoms with Crippen LogP contribution < -0.4 is 14.8 Å². The number of ether oxygens (including phenoxy) is 2. The molecule has 7 heteroatoms. The molecule has 0 aliphatic rings. The lowest BCUT2D eigenvalue weighted by atomic mass is 10.1. The summed E-state index contributed by atoms with van der Waals surface area (Å²) < 4.78 is 16.2. The molecule has 3 aromatic rings. The summed E-state index contributed by atoms with van der Waals surface area (Å²) in [4.78, 5) is 16.8. The van der Waals surface area contributed by atoms with Crippen molar-refractivity contribution in [2.45, 2.75) is 39.8 Å². The summed E-state index contributed by atoms with van der Waals surface area (Å²) in [5, 5.41) is 6.76. The molecule has 0 bridgehead atoms. The second-order valence-electron chi connectivity index (χ2n) is 6.72. The summed E-state index contributed by atoms with van der Waals surface area (Å²) in [6.45, 7) is 6.08. The molecule has 0 radical (unpaired) electrons. The van der Waals surface area contributed by atoms with Crippen LogP contribution >= 0.6 is 0 Å². The number of amides is 1. The molecule has 0 aliphatic heterocycles. The summed E-state index contributed by atoms with van der Waals surface area (Å²) in [6.07, 6.45) is -0.0549. The highest BCUT2D eigenvalue weighted by atomic mass is 16.5. The van der Waals surface area contributed by atoms with Gasteiger partial charge in [0.15, 0.2) is 6.10 Å². The molecule has 1 atom stereocenters. The van der Waals surface area contributed by atoms with Gasteiger partial charge in [-0.05, 0) is 67.8 Å². The highest BCUT2D eigenvalue weighted by Gasteiger charge is 2.19. The largest absolute Gasteiger partial charge is 0.497 e. The normalized spacial score (nSPS) is 11.7. The smallest absolute Gasteiger partial charge is 0.261 e. The molecule has 1 aromatic heterocycles. The number of aromatic nitrogens is 2. The first-order valence-corrected chi connectivity index (χ1v) is 9.48. The maximum absolute atomic E-state index is 12.5. The van der Waals surface area contributed by atoms with Crippen molar-refractivity contribution in [3.05, 3.63) is 59.5 Å². The van der Waals surface area contributed by atoms with Crippen molar-refractivity contribution in [3.8, 4) is 22.9 Å². The minimum atomic E-state index is -0.596. The third-order valence-electron chi connectivity index (χ3n) is 4.65. The lowest BCUT2D eigenvalue weighted by Crippen LogP contribution is -2.37. The molecule has 1 N–H and O–H groups in total. The second kappa shape index (κ2) is 9.23. The number of hydrogen-bond acceptors (Lipinski definition) is 6. The number of carbonyl (C=O) groups excluding carboxylic acids is 1. The van der Waals surface area contributed by atoms with Crippen molar-refractivity contribution in [2.24, 2.45) is 0 Å². The Labute approximate surface area is 170 Å². The molecule has 152 valence electrons. The van der Waals surface area contributed by atoms with Crippen molar-refractivity contribution >= 4 is 5.91 Å². The van der Waals surface area contributed by atoms with E-state index in [1.807, 2.05) is 63.2 Å². The van der Waals surface area contributed by atoms with Gasteiger partial charge in [-0.15, -0.1) is 0 Å². The molecule has 2 aromatic carbocycles. The molecule has 0 saturated carbocycles. The molecular weight excluding hydrogens is 370 g/mol. The van der Waals surface area contributed by atoms with E-state index in [0.29, 0.717) is 23.9 Å². The number of nitrogens with one attached hydrogen (secondary N) is 1. The monoisotopic (exact) mass is 395 g/mol. The Balaban J connectivity index is 1.58. The molecule has 3 rings (SSSR count). The van der Waals surface area contributed by atoms with Gasteiger partial charge in [0.2, 0.25) is 11.7 Å². The Morgan fingerprint density at radius 2 is 1.83 bits per heavy atom. The Hall–Kier alpha value is -3.35. The third-order valence-corrected chi connectivity index (χ3v) is 4.65. The zero-order valence-electron chi connectivity index (χ0n) is 17.1. The SMILES string of the molecule is CC[C@H](Oc1ccc(C)c(C)c1)C(=O)NCc1nc(-c2ccc(OC)cc2)no1. The molecular formula is C22H25N3O4. The van der Waals surface area contributed by atoms with Gasteiger partial charge in [0.1, 0.15) is 11.5 Å². The van der Waals surface area contributed by atoms with E-state index in [1.54, 1.807) is 7.11 Å². The first-order chi connectivity index (χ1) is 14.0. The predicted octanol–water partition coefficient (Wildman–Crippen LogP) is 3.84. The highest BCUT2D eigenvalue weighted by Crippen LogP contribution is 2.20. The first-order valence-electron chi connectivity index (χ1n) is 9.48. The quantitative estimate of drug-likeness (QED) is 0.624. The topological polar surface area (TPSA) is 86.5 Å². The van der Waals surface area contributed by atoms with Gasteiger partial charge in [0, 0.05) is 5.56 Å². The number of methoxy groups -OCH3 is 1. The van der Waals surface area contributed by atoms with Gasteiger partial charge in [-0.25, -0.2) is 0 Å². The van der Waals surface area contributed by atoms with Gasteiger partial charge < -0.3 is 19.3 Å². The van der Waals surface area contributed by atoms with Crippen LogP contribution in [-0.2, 0) is 11.3 Å². The van der Waals surface area contributed by atoms with Crippen LogP contribution in [-0.4, -0.2) is 29.3 Å². The fourth-order valence-electron chi connectivity index (χ4n) is 2.73. The van der Waals surface area contributed by atoms with E-state index in [4.69, 9.17) is 14.0 Å². The summed E-state index contributed by atoms with van der Waals surface area (Å²) in [6, 6.07) is 13.1. The summed E-state index contributed by atoms with van der Waals surface area (Å²) in [7, 11) is 1.61. The highest BCUT2D eigenvalue weighted by molar-refractivity contribution is 5.81. The average Bonchev–Trinajstić information content (AvgIpc) is 3.22. The van der Waals surface area contributed by atoms with E-state index < -0.39 is 6.10 Å². The molecule has 0 spiro atoms. The number of benzene rings is 2. The Bertz CT molecular complexity index is 966. The molecule has 7 nitrogen and oxygen atoms in total. The lowest BCUT2D eigenvalue weighted by molar-refractivity contribution is -0.128. The van der Waals surface area contributed by atoms with Crippen LogP contribution in [0, 0.1) is 13.8 Å². The van der Waals surface area contributed by atoms with E-state index in [9.17, 15) is 4.79 Å². The van der Waals surface area contributed by atoms with E-state index >= 15 is 0 Å². The Morgan fingerprint density at radius 1 is 1.10 bits per heavy atom. The van der Waals surface area contributed by atoms with Gasteiger partial charge in [0.05, 0.1) is 13.7 Å². The molecule has 1 amide bonds. The summed E-state index contributed by atoms with van der Waals surface area (Å²) >= 11 is 0. The molecule has 29 heavy (non-hydrogen) atoms. The summed E-state index contributed by atoms with van der Waals surface area (Å²) in [5.41, 5.74) is 3.10. The molecule has 0 unspecified atom stereocenters. The van der Waals surface area contributed by atoms with Crippen LogP contribution in [0.15, 0.2) is 47.0 Å². The van der Waals surface area contributed by atoms with E-state index in [-0.39, 0.29) is 12.5 Å². The van der Waals surface area contributed by atoms with E-state index in [1.165, 1.54) is 5.56 Å². The van der Waals surface area contributed by atoms with Crippen molar-refractivity contribution in [1.82, 2.24) is 15.5 Å². The van der Waals surface area contributed by atoms with E-state index in [0.717, 1.165) is 16.9 Å². The van der Waals surface area contributed by atoms with Crippen molar-refractivity contribution < 1.29 is 18.8 Å². The standard InChI is InChI=1S/C22H25N3O4/c1-5-19(28-18-9-6-14(2)15(3)12-18)22(26)23-13-20-24-21(25-29-20)16-7-10-17(27-4)11-8-16/h6-12,19H,5,13H2,1-4H3,(H,23,26)/t19-/m0/s1. The number of carbonyl (C=O) groups is 1. The third kappa shape index (κ3) is 5.13. The number of hydrogen-bond donors (Lipinski definition) is 1. The average molecular weight is 395 g/mol. The fraction of sp³-hybridized carbons (Fsp3) is 0.318. The van der Waals surface area contributed by atoms with Crippen LogP contribution in [0.4, 0.5) is 0 Å². The van der Waals surface area contributed by atoms with Crippen molar-refractivity contribution in [3.63, 3.8) is 0 Å². The van der Waals surface area contributed by atoms with Crippen LogP contribution in [0.1, 0.15) is 30.4 Å². The molecule has 1 heterocycles. The van der Waals surface area contributed by atoms with Gasteiger partial charge in [-0.1, -0.05) is 18.1 Å². The second-order valence-corrected chi connectivity index (χ2v) is 6.72. The zero-order valence-corrected chi connectivity index (χ0v) is 17.1. The predicted molar refractivity (Wildman–Crippen MR) is 109 cm³/mol. The van der Waals surface area contributed by atoms with E-state index in [2.05, 4.69) is 15.5 Å². The van der Waals surface area contributed by atoms with Crippen molar-refractivity contribution in [1.29, 1.82) is 0 Å². The minimum absolute atomic E-state index is 0.134. The van der Waals surface area contributed by atoms with Crippen LogP contribution in [0.5, 0.6) is 11.5 Å². The molecule has 0 saturated heterocycles. The zero-order chi connectivity index (χ0) is 20.8. The lowest BCUT2D eigenvalue weighted by Gasteiger charge is -2.17. The molecule has 0 fully saturated rings. The number of nitrogens with zero attached hydrogens (tertiary/aromatic N) is 2. The first kappa shape index (κ1) is 20.4. The van der Waals surface area contributed by atoms with Gasteiger partial charge >= 0.3 is 0 Å². The van der Waals surface area contributed by atoms with Crippen LogP contribution in [0.2, 0.25) is 0 Å². The van der Waals surface area contributed by atoms with Gasteiger partial charge in [-0.2, -0.15) is 4.98 Å². The maximum Gasteiger partial charge on any atom is 0.261 e. The Kier molecular flexibility index (Phi) is 6.49. The van der Waals surface area contributed by atoms with Crippen LogP contribution in [0.25, 0.3) is 11.4 Å². The summed E-state index contributed by atoms with van der Waals surface area (Å²) in [5.74, 6) is 1.98. The number of rotatable bonds is 8. The maximum atomic E-state index is 12.5. The fourth-order valence-corrected chi connectivity index (χ4v) is 2.73. The van der Waals surface area contributed by atoms with Crippen molar-refractivity contribution in [2.75, 3.05) is 7.11 Å². The van der Waals surface area contributed by atoms with Crippen LogP contribution in [0.3, 0.4) is 0 Å². The van der Waals surface area contributed by atoms with Gasteiger partial charge in [0.25, 0.3) is 5.91 Å².